The number of nitriles is 1. The maximum absolute atomic E-state index is 15.3. The molecule has 3 saturated heterocycles. The monoisotopic (exact) mass is 970 g/mol. The fraction of sp³-hybridized carbons (Fsp3) is 0.413. The van der Waals surface area contributed by atoms with Gasteiger partial charge in [-0.15, -0.1) is 0 Å². The fourth-order valence-corrected chi connectivity index (χ4v) is 9.82. The molecule has 23 heteroatoms. The summed E-state index contributed by atoms with van der Waals surface area (Å²) in [6.07, 6.45) is 4.90. The van der Waals surface area contributed by atoms with E-state index < -0.39 is 44.8 Å². The average molecular weight is 971 g/mol. The zero-order chi connectivity index (χ0) is 49.1. The zero-order valence-electron chi connectivity index (χ0n) is 38.5. The second-order valence-corrected chi connectivity index (χ2v) is 18.9. The first-order valence-corrected chi connectivity index (χ1v) is 23.9. The van der Waals surface area contributed by atoms with Crippen LogP contribution in [0.1, 0.15) is 49.7 Å². The minimum atomic E-state index is -4.08. The zero-order valence-corrected chi connectivity index (χ0v) is 39.3. The van der Waals surface area contributed by atoms with Crippen molar-refractivity contribution in [3.05, 3.63) is 88.1 Å². The van der Waals surface area contributed by atoms with E-state index in [9.17, 15) is 32.9 Å². The van der Waals surface area contributed by atoms with Crippen molar-refractivity contribution < 1.29 is 41.1 Å². The molecule has 0 saturated carbocycles. The maximum atomic E-state index is 15.3. The van der Waals surface area contributed by atoms with Crippen molar-refractivity contribution in [3.63, 3.8) is 0 Å². The Hall–Kier alpha value is -7.16. The Morgan fingerprint density at radius 1 is 1.00 bits per heavy atom. The Labute approximate surface area is 396 Å². The minimum absolute atomic E-state index is 0.00288. The van der Waals surface area contributed by atoms with Crippen molar-refractivity contribution in [2.75, 3.05) is 90.1 Å². The Kier molecular flexibility index (Phi) is 14.1. The first-order valence-electron chi connectivity index (χ1n) is 22.4. The van der Waals surface area contributed by atoms with E-state index in [0.717, 1.165) is 16.4 Å². The number of aromatic nitrogens is 2. The molecule has 69 heavy (non-hydrogen) atoms. The van der Waals surface area contributed by atoms with Gasteiger partial charge in [0.05, 0.1) is 43.3 Å². The number of likely N-dealkylation sites (N-methyl/N-ethyl adjacent to an activating group) is 1. The number of rotatable bonds is 13. The standard InChI is InChI=1S/C46H52F2N12O8S/c1-5-56(3)69(65,66)54-35-9-8-33(47)42(32(35)23-49)68-38-12-10-36-41(43(38)67-4)45(64)60(27-51-36)30-24-50-46(55(2)25-30)59-20-18-58(19-21-59)40(62)26-57-16-14-28(15-17-57)31-7-6-29(22-34(31)48)52-37-11-13-39(61)53-44(37)63/h6-10,12,22,24,27-28,37,52,54H,5,11,13-21,25-26H2,1-4H3,(H,53,61,63)/t37-/m1/s1. The molecule has 0 unspecified atom stereocenters. The molecule has 20 nitrogen and oxygen atoms in total. The van der Waals surface area contributed by atoms with Crippen molar-refractivity contribution in [2.45, 2.75) is 44.6 Å². The highest BCUT2D eigenvalue weighted by atomic mass is 32.2. The lowest BCUT2D eigenvalue weighted by Gasteiger charge is -2.40. The second-order valence-electron chi connectivity index (χ2n) is 17.2. The number of hydrogen-bond acceptors (Lipinski definition) is 15. The van der Waals surface area contributed by atoms with E-state index in [1.807, 2.05) is 22.9 Å². The van der Waals surface area contributed by atoms with Crippen LogP contribution >= 0.6 is 0 Å². The number of piperidine rings is 2. The topological polar surface area (TPSA) is 227 Å². The van der Waals surface area contributed by atoms with Crippen LogP contribution < -0.4 is 30.4 Å². The summed E-state index contributed by atoms with van der Waals surface area (Å²) < 4.78 is 72.3. The number of carbonyl (C=O) groups is 3. The van der Waals surface area contributed by atoms with Crippen LogP contribution in [0.4, 0.5) is 20.2 Å². The first kappa shape index (κ1) is 48.3. The number of guanidine groups is 1. The highest BCUT2D eigenvalue weighted by molar-refractivity contribution is 7.90. The maximum Gasteiger partial charge on any atom is 0.301 e. The number of nitrogens with zero attached hydrogens (tertiary/aromatic N) is 9. The predicted molar refractivity (Wildman–Crippen MR) is 252 cm³/mol. The molecule has 3 fully saturated rings. The molecule has 0 radical (unpaired) electrons. The quantitative estimate of drug-likeness (QED) is 0.164. The number of hydrogen-bond donors (Lipinski definition) is 3. The lowest BCUT2D eigenvalue weighted by atomic mass is 9.89. The number of aliphatic imine (C=N–C) groups is 1. The van der Waals surface area contributed by atoms with E-state index in [0.29, 0.717) is 81.4 Å². The van der Waals surface area contributed by atoms with Gasteiger partial charge in [0.25, 0.3) is 5.56 Å². The van der Waals surface area contributed by atoms with Crippen LogP contribution in [0.2, 0.25) is 0 Å². The third-order valence-electron chi connectivity index (χ3n) is 12.8. The minimum Gasteiger partial charge on any atom is -0.492 e. The highest BCUT2D eigenvalue weighted by Crippen LogP contribution is 2.40. The van der Waals surface area contributed by atoms with Gasteiger partial charge in [0, 0.05) is 58.9 Å². The SMILES string of the molecule is CCN(C)S(=O)(=O)Nc1ccc(F)c(Oc2ccc3ncn(C4=CN=C(N5CCN(C(=O)CN6CCC(c7ccc(N[C@@H]8CCC(=O)NC8=O)cc7F)CC6)CC5)N(C)C4)c(=O)c3c2OC)c1C#N. The van der Waals surface area contributed by atoms with Crippen LogP contribution in [-0.2, 0) is 24.6 Å². The van der Waals surface area contributed by atoms with Gasteiger partial charge in [-0.05, 0) is 80.2 Å². The van der Waals surface area contributed by atoms with Crippen molar-refractivity contribution in [1.29, 1.82) is 5.26 Å². The molecular weight excluding hydrogens is 919 g/mol. The van der Waals surface area contributed by atoms with Crippen LogP contribution in [0, 0.1) is 23.0 Å². The Morgan fingerprint density at radius 3 is 2.42 bits per heavy atom. The number of carbonyl (C=O) groups excluding carboxylic acids is 3. The van der Waals surface area contributed by atoms with E-state index in [1.165, 1.54) is 43.3 Å². The Morgan fingerprint density at radius 2 is 1.75 bits per heavy atom. The molecule has 1 aromatic heterocycles. The van der Waals surface area contributed by atoms with Gasteiger partial charge in [-0.3, -0.25) is 38.7 Å². The molecule has 1 atom stereocenters. The number of anilines is 2. The third kappa shape index (κ3) is 10.2. The molecule has 3 amide bonds. The van der Waals surface area contributed by atoms with E-state index in [1.54, 1.807) is 25.3 Å². The Bertz CT molecular complexity index is 2960. The van der Waals surface area contributed by atoms with Crippen molar-refractivity contribution >= 4 is 61.9 Å². The summed E-state index contributed by atoms with van der Waals surface area (Å²) in [6, 6.07) is 11.1. The summed E-state index contributed by atoms with van der Waals surface area (Å²) in [5, 5.41) is 15.3. The lowest BCUT2D eigenvalue weighted by Crippen LogP contribution is -2.56. The summed E-state index contributed by atoms with van der Waals surface area (Å²) >= 11 is 0. The molecule has 3 N–H and O–H groups in total. The van der Waals surface area contributed by atoms with Gasteiger partial charge in [0.2, 0.25) is 23.7 Å². The molecule has 0 aliphatic carbocycles. The number of benzene rings is 3. The number of amides is 3. The summed E-state index contributed by atoms with van der Waals surface area (Å²) in [5.41, 5.74) is 0.638. The fourth-order valence-electron chi connectivity index (χ4n) is 8.87. The Balaban J connectivity index is 0.884. The van der Waals surface area contributed by atoms with Crippen LogP contribution in [0.5, 0.6) is 17.2 Å². The van der Waals surface area contributed by atoms with Gasteiger partial charge in [-0.25, -0.2) is 18.8 Å². The van der Waals surface area contributed by atoms with E-state index in [4.69, 9.17) is 14.5 Å². The summed E-state index contributed by atoms with van der Waals surface area (Å²) in [4.78, 5) is 68.4. The van der Waals surface area contributed by atoms with Crippen molar-refractivity contribution in [3.8, 4) is 23.3 Å². The molecule has 3 aromatic carbocycles. The van der Waals surface area contributed by atoms with Crippen LogP contribution in [0.15, 0.2) is 64.8 Å². The van der Waals surface area contributed by atoms with Crippen molar-refractivity contribution in [1.82, 2.24) is 38.8 Å². The lowest BCUT2D eigenvalue weighted by molar-refractivity contribution is -0.135. The number of methoxy groups -OCH3 is 1. The highest BCUT2D eigenvalue weighted by Gasteiger charge is 2.32. The summed E-state index contributed by atoms with van der Waals surface area (Å²) in [5.74, 6) is -2.18. The largest absolute Gasteiger partial charge is 0.492 e. The van der Waals surface area contributed by atoms with Crippen LogP contribution in [-0.4, -0.2) is 152 Å². The number of ether oxygens (including phenoxy) is 2. The van der Waals surface area contributed by atoms with E-state index in [-0.39, 0.29) is 77.7 Å². The summed E-state index contributed by atoms with van der Waals surface area (Å²) in [6.45, 7) is 5.60. The van der Waals surface area contributed by atoms with Gasteiger partial charge >= 0.3 is 10.2 Å². The number of nitrogens with one attached hydrogen (secondary N) is 3. The van der Waals surface area contributed by atoms with Gasteiger partial charge in [-0.1, -0.05) is 13.0 Å². The molecule has 8 rings (SSSR count). The van der Waals surface area contributed by atoms with Gasteiger partial charge in [0.1, 0.15) is 35.2 Å². The average Bonchev–Trinajstić information content (AvgIpc) is 3.33. The second kappa shape index (κ2) is 20.2. The number of halogens is 2. The normalized spacial score (nSPS) is 18.4. The molecule has 0 bridgehead atoms. The third-order valence-corrected chi connectivity index (χ3v) is 14.4. The number of imide groups is 1. The van der Waals surface area contributed by atoms with Crippen LogP contribution in [0.3, 0.4) is 0 Å². The van der Waals surface area contributed by atoms with E-state index >= 15 is 8.78 Å². The molecule has 0 spiro atoms. The molecule has 4 aromatic rings. The number of piperazine rings is 1. The molecule has 364 valence electrons. The van der Waals surface area contributed by atoms with Gasteiger partial charge in [-0.2, -0.15) is 18.0 Å². The molecule has 4 aliphatic rings. The molecule has 4 aliphatic heterocycles. The predicted octanol–water partition coefficient (Wildman–Crippen LogP) is 3.30. The van der Waals surface area contributed by atoms with Crippen LogP contribution in [0.25, 0.3) is 16.6 Å². The van der Waals surface area contributed by atoms with Gasteiger partial charge < -0.3 is 29.5 Å². The first-order chi connectivity index (χ1) is 33.1. The number of fused-ring (bicyclic) bond motifs is 1. The smallest absolute Gasteiger partial charge is 0.301 e. The molecule has 5 heterocycles. The number of likely N-dealkylation sites (tertiary alicyclic amines) is 1. The van der Waals surface area contributed by atoms with Gasteiger partial charge in [0.15, 0.2) is 23.1 Å². The summed E-state index contributed by atoms with van der Waals surface area (Å²) in [7, 11) is 0.402. The molecular formula is C46H52F2N12O8S. The van der Waals surface area contributed by atoms with Crippen molar-refractivity contribution in [2.24, 2.45) is 4.99 Å². The van der Waals surface area contributed by atoms with E-state index in [2.05, 4.69) is 30.1 Å².